The van der Waals surface area contributed by atoms with Gasteiger partial charge in [-0.15, -0.1) is 0 Å². The molecule has 1 aromatic carbocycles. The van der Waals surface area contributed by atoms with Crippen molar-refractivity contribution in [1.82, 2.24) is 4.90 Å². The molecule has 1 nitrogen and oxygen atoms in total. The molecule has 0 N–H and O–H groups in total. The standard InChI is InChI=1S/C18H28ClN/c1-14(2)6-11-17(20(3)4)18(12-5-13-18)15-7-9-16(19)10-8-15/h7-10,14,17H,5-6,11-13H2,1-4H3/t17-/m0/s1. The maximum atomic E-state index is 6.06. The molecule has 0 aliphatic heterocycles. The largest absolute Gasteiger partial charge is 0.306 e. The van der Waals surface area contributed by atoms with Crippen molar-refractivity contribution in [2.45, 2.75) is 57.4 Å². The van der Waals surface area contributed by atoms with Gasteiger partial charge in [0.05, 0.1) is 0 Å². The van der Waals surface area contributed by atoms with Crippen molar-refractivity contribution in [3.63, 3.8) is 0 Å². The highest BCUT2D eigenvalue weighted by Gasteiger charge is 2.45. The number of hydrogen-bond donors (Lipinski definition) is 0. The molecule has 1 aliphatic rings. The second-order valence-electron chi connectivity index (χ2n) is 6.97. The Bertz CT molecular complexity index is 418. The van der Waals surface area contributed by atoms with Gasteiger partial charge < -0.3 is 4.90 Å². The molecule has 1 aliphatic carbocycles. The summed E-state index contributed by atoms with van der Waals surface area (Å²) < 4.78 is 0. The first-order valence-electron chi connectivity index (χ1n) is 7.88. The van der Waals surface area contributed by atoms with Crippen LogP contribution in [0.5, 0.6) is 0 Å². The summed E-state index contributed by atoms with van der Waals surface area (Å²) in [6.07, 6.45) is 6.57. The summed E-state index contributed by atoms with van der Waals surface area (Å²) in [6, 6.07) is 9.22. The number of hydrogen-bond acceptors (Lipinski definition) is 1. The number of likely N-dealkylation sites (N-methyl/N-ethyl adjacent to an activating group) is 1. The monoisotopic (exact) mass is 293 g/mol. The van der Waals surface area contributed by atoms with Crippen LogP contribution >= 0.6 is 11.6 Å². The van der Waals surface area contributed by atoms with E-state index in [1.807, 2.05) is 12.1 Å². The van der Waals surface area contributed by atoms with Crippen LogP contribution in [-0.2, 0) is 5.41 Å². The smallest absolute Gasteiger partial charge is 0.0406 e. The highest BCUT2D eigenvalue weighted by atomic mass is 35.5. The lowest BCUT2D eigenvalue weighted by Crippen LogP contribution is -2.52. The van der Waals surface area contributed by atoms with Crippen LogP contribution in [0.3, 0.4) is 0 Å². The molecule has 2 rings (SSSR count). The van der Waals surface area contributed by atoms with E-state index in [4.69, 9.17) is 11.6 Å². The molecular weight excluding hydrogens is 266 g/mol. The highest BCUT2D eigenvalue weighted by Crippen LogP contribution is 2.49. The zero-order valence-corrected chi connectivity index (χ0v) is 14.1. The van der Waals surface area contributed by atoms with Crippen molar-refractivity contribution in [2.75, 3.05) is 14.1 Å². The quantitative estimate of drug-likeness (QED) is 0.703. The van der Waals surface area contributed by atoms with Gasteiger partial charge in [-0.1, -0.05) is 44.0 Å². The van der Waals surface area contributed by atoms with Gasteiger partial charge in [-0.25, -0.2) is 0 Å². The molecule has 0 amide bonds. The molecular formula is C18H28ClN. The molecule has 0 spiro atoms. The third-order valence-corrected chi connectivity index (χ3v) is 5.20. The SMILES string of the molecule is CC(C)CC[C@H](N(C)C)C1(c2ccc(Cl)cc2)CCC1. The minimum absolute atomic E-state index is 0.350. The first-order valence-corrected chi connectivity index (χ1v) is 8.26. The third kappa shape index (κ3) is 3.20. The third-order valence-electron chi connectivity index (χ3n) is 4.94. The summed E-state index contributed by atoms with van der Waals surface area (Å²) in [5.74, 6) is 0.778. The van der Waals surface area contributed by atoms with E-state index in [0.29, 0.717) is 11.5 Å². The lowest BCUT2D eigenvalue weighted by molar-refractivity contribution is 0.0859. The van der Waals surface area contributed by atoms with Gasteiger partial charge in [-0.3, -0.25) is 0 Å². The van der Waals surface area contributed by atoms with Gasteiger partial charge in [0, 0.05) is 16.5 Å². The van der Waals surface area contributed by atoms with E-state index in [-0.39, 0.29) is 0 Å². The van der Waals surface area contributed by atoms with Gasteiger partial charge in [-0.2, -0.15) is 0 Å². The summed E-state index contributed by atoms with van der Waals surface area (Å²) in [4.78, 5) is 2.44. The first-order chi connectivity index (χ1) is 9.45. The molecule has 1 aromatic rings. The van der Waals surface area contributed by atoms with Crippen molar-refractivity contribution < 1.29 is 0 Å². The molecule has 0 unspecified atom stereocenters. The van der Waals surface area contributed by atoms with E-state index in [9.17, 15) is 0 Å². The zero-order valence-electron chi connectivity index (χ0n) is 13.3. The van der Waals surface area contributed by atoms with Crippen LogP contribution in [0.15, 0.2) is 24.3 Å². The van der Waals surface area contributed by atoms with Crippen molar-refractivity contribution in [3.05, 3.63) is 34.9 Å². The lowest BCUT2D eigenvalue weighted by Gasteiger charge is -2.51. The molecule has 0 bridgehead atoms. The fraction of sp³-hybridized carbons (Fsp3) is 0.667. The van der Waals surface area contributed by atoms with E-state index in [0.717, 1.165) is 10.9 Å². The molecule has 1 atom stereocenters. The van der Waals surface area contributed by atoms with E-state index in [2.05, 4.69) is 45.0 Å². The Morgan fingerprint density at radius 1 is 1.10 bits per heavy atom. The second kappa shape index (κ2) is 6.49. The maximum Gasteiger partial charge on any atom is 0.0406 e. The Morgan fingerprint density at radius 3 is 2.10 bits per heavy atom. The van der Waals surface area contributed by atoms with Gasteiger partial charge in [-0.05, 0) is 63.4 Å². The molecule has 0 saturated heterocycles. The Balaban J connectivity index is 2.24. The van der Waals surface area contributed by atoms with Crippen LogP contribution in [0.2, 0.25) is 5.02 Å². The lowest BCUT2D eigenvalue weighted by atomic mass is 9.59. The van der Waals surface area contributed by atoms with Gasteiger partial charge in [0.2, 0.25) is 0 Å². The average molecular weight is 294 g/mol. The summed E-state index contributed by atoms with van der Waals surface area (Å²) in [5, 5.41) is 0.840. The topological polar surface area (TPSA) is 3.24 Å². The van der Waals surface area contributed by atoms with E-state index < -0.39 is 0 Å². The van der Waals surface area contributed by atoms with E-state index in [1.165, 1.54) is 37.7 Å². The van der Waals surface area contributed by atoms with Crippen LogP contribution in [-0.4, -0.2) is 25.0 Å². The normalized spacial score (nSPS) is 19.1. The van der Waals surface area contributed by atoms with Gasteiger partial charge in [0.15, 0.2) is 0 Å². The maximum absolute atomic E-state index is 6.06. The number of halogens is 1. The summed E-state index contributed by atoms with van der Waals surface area (Å²) >= 11 is 6.06. The molecule has 1 saturated carbocycles. The van der Waals surface area contributed by atoms with Crippen LogP contribution in [0.4, 0.5) is 0 Å². The highest BCUT2D eigenvalue weighted by molar-refractivity contribution is 6.30. The van der Waals surface area contributed by atoms with E-state index >= 15 is 0 Å². The van der Waals surface area contributed by atoms with Gasteiger partial charge in [0.25, 0.3) is 0 Å². The predicted octanol–water partition coefficient (Wildman–Crippen LogP) is 5.13. The minimum atomic E-state index is 0.350. The van der Waals surface area contributed by atoms with Crippen LogP contribution in [0.25, 0.3) is 0 Å². The molecule has 20 heavy (non-hydrogen) atoms. The Kier molecular flexibility index (Phi) is 5.14. The van der Waals surface area contributed by atoms with Crippen LogP contribution < -0.4 is 0 Å². The summed E-state index contributed by atoms with van der Waals surface area (Å²) in [6.45, 7) is 4.64. The van der Waals surface area contributed by atoms with Crippen molar-refractivity contribution >= 4 is 11.6 Å². The molecule has 112 valence electrons. The number of nitrogens with zero attached hydrogens (tertiary/aromatic N) is 1. The van der Waals surface area contributed by atoms with Crippen molar-refractivity contribution in [1.29, 1.82) is 0 Å². The van der Waals surface area contributed by atoms with E-state index in [1.54, 1.807) is 0 Å². The molecule has 0 aromatic heterocycles. The fourth-order valence-electron chi connectivity index (χ4n) is 3.67. The number of rotatable bonds is 6. The fourth-order valence-corrected chi connectivity index (χ4v) is 3.80. The first kappa shape index (κ1) is 15.9. The Hall–Kier alpha value is -0.530. The van der Waals surface area contributed by atoms with Crippen LogP contribution in [0.1, 0.15) is 51.5 Å². The number of benzene rings is 1. The average Bonchev–Trinajstić information content (AvgIpc) is 2.33. The zero-order chi connectivity index (χ0) is 14.8. The summed E-state index contributed by atoms with van der Waals surface area (Å²) in [7, 11) is 4.47. The minimum Gasteiger partial charge on any atom is -0.306 e. The van der Waals surface area contributed by atoms with Crippen molar-refractivity contribution in [2.24, 2.45) is 5.92 Å². The Morgan fingerprint density at radius 2 is 1.70 bits per heavy atom. The van der Waals surface area contributed by atoms with Crippen molar-refractivity contribution in [3.8, 4) is 0 Å². The predicted molar refractivity (Wildman–Crippen MR) is 88.5 cm³/mol. The molecule has 0 heterocycles. The molecule has 1 fully saturated rings. The molecule has 2 heteroatoms. The van der Waals surface area contributed by atoms with Crippen LogP contribution in [0, 0.1) is 5.92 Å². The summed E-state index contributed by atoms with van der Waals surface area (Å²) in [5.41, 5.74) is 1.83. The Labute approximate surface area is 129 Å². The second-order valence-corrected chi connectivity index (χ2v) is 7.40. The van der Waals surface area contributed by atoms with Gasteiger partial charge >= 0.3 is 0 Å². The van der Waals surface area contributed by atoms with Gasteiger partial charge in [0.1, 0.15) is 0 Å². The molecule has 0 radical (unpaired) electrons.